The largest absolute Gasteiger partial charge is 0.322 e. The number of sulfonamides is 1. The smallest absolute Gasteiger partial charge is 0.261 e. The van der Waals surface area contributed by atoms with Crippen LogP contribution < -0.4 is 10.0 Å². The van der Waals surface area contributed by atoms with Gasteiger partial charge in [0.05, 0.1) is 4.90 Å². The summed E-state index contributed by atoms with van der Waals surface area (Å²) in [6.45, 7) is 0. The third-order valence-corrected chi connectivity index (χ3v) is 5.37. The number of hydrogen-bond acceptors (Lipinski definition) is 3. The molecule has 0 aliphatic heterocycles. The average Bonchev–Trinajstić information content (AvgIpc) is 2.69. The van der Waals surface area contributed by atoms with E-state index < -0.39 is 10.0 Å². The Morgan fingerprint density at radius 3 is 2.29 bits per heavy atom. The summed E-state index contributed by atoms with van der Waals surface area (Å²) in [5.74, 6) is -0.357. The standard InChI is InChI=1S/C21H17ClN2O3S/c22-17-10-12-18(13-11-17)24-28(26,27)20-8-4-7-19(15-20)23-21(25)14-9-16-5-2-1-3-6-16/h1-15,24H,(H,23,25)/b14-9+. The molecule has 0 atom stereocenters. The van der Waals surface area contributed by atoms with E-state index in [4.69, 9.17) is 11.6 Å². The van der Waals surface area contributed by atoms with E-state index in [9.17, 15) is 13.2 Å². The van der Waals surface area contributed by atoms with Gasteiger partial charge in [-0.1, -0.05) is 48.0 Å². The van der Waals surface area contributed by atoms with Crippen LogP contribution in [-0.4, -0.2) is 14.3 Å². The summed E-state index contributed by atoms with van der Waals surface area (Å²) < 4.78 is 27.6. The minimum absolute atomic E-state index is 0.0345. The van der Waals surface area contributed by atoms with Gasteiger partial charge >= 0.3 is 0 Å². The van der Waals surface area contributed by atoms with Crippen LogP contribution in [0, 0.1) is 0 Å². The van der Waals surface area contributed by atoms with E-state index in [-0.39, 0.29) is 10.8 Å². The van der Waals surface area contributed by atoms with Crippen molar-refractivity contribution in [1.29, 1.82) is 0 Å². The van der Waals surface area contributed by atoms with Crippen molar-refractivity contribution >= 4 is 45.0 Å². The molecule has 0 aromatic heterocycles. The summed E-state index contributed by atoms with van der Waals surface area (Å²) in [6.07, 6.45) is 3.07. The lowest BCUT2D eigenvalue weighted by atomic mass is 10.2. The molecule has 28 heavy (non-hydrogen) atoms. The SMILES string of the molecule is O=C(/C=C/c1ccccc1)Nc1cccc(S(=O)(=O)Nc2ccc(Cl)cc2)c1. The van der Waals surface area contributed by atoms with Gasteiger partial charge in [-0.2, -0.15) is 0 Å². The van der Waals surface area contributed by atoms with Gasteiger partial charge in [0.15, 0.2) is 0 Å². The molecule has 0 saturated carbocycles. The first-order chi connectivity index (χ1) is 13.4. The monoisotopic (exact) mass is 412 g/mol. The Bertz CT molecular complexity index is 1100. The highest BCUT2D eigenvalue weighted by molar-refractivity contribution is 7.92. The van der Waals surface area contributed by atoms with Gasteiger partial charge in [0.2, 0.25) is 5.91 Å². The summed E-state index contributed by atoms with van der Waals surface area (Å²) in [5, 5.41) is 3.17. The number of amides is 1. The van der Waals surface area contributed by atoms with Crippen molar-refractivity contribution in [1.82, 2.24) is 0 Å². The van der Waals surface area contributed by atoms with E-state index in [1.54, 1.807) is 42.5 Å². The van der Waals surface area contributed by atoms with Crippen molar-refractivity contribution in [3.8, 4) is 0 Å². The summed E-state index contributed by atoms with van der Waals surface area (Å²) >= 11 is 5.81. The lowest BCUT2D eigenvalue weighted by Gasteiger charge is -2.10. The lowest BCUT2D eigenvalue weighted by Crippen LogP contribution is -2.14. The number of carbonyl (C=O) groups excluding carboxylic acids is 1. The van der Waals surface area contributed by atoms with Gasteiger partial charge in [0.25, 0.3) is 10.0 Å². The van der Waals surface area contributed by atoms with Gasteiger partial charge in [-0.25, -0.2) is 8.42 Å². The summed E-state index contributed by atoms with van der Waals surface area (Å²) in [7, 11) is -3.80. The molecule has 0 radical (unpaired) electrons. The van der Waals surface area contributed by atoms with Crippen LogP contribution in [0.1, 0.15) is 5.56 Å². The fourth-order valence-electron chi connectivity index (χ4n) is 2.39. The molecule has 142 valence electrons. The molecule has 0 heterocycles. The maximum atomic E-state index is 12.6. The topological polar surface area (TPSA) is 75.3 Å². The van der Waals surface area contributed by atoms with Gasteiger partial charge in [0, 0.05) is 22.5 Å². The van der Waals surface area contributed by atoms with Crippen LogP contribution in [0.25, 0.3) is 6.08 Å². The molecule has 3 aromatic carbocycles. The predicted octanol–water partition coefficient (Wildman–Crippen LogP) is 4.79. The third-order valence-electron chi connectivity index (χ3n) is 3.74. The summed E-state index contributed by atoms with van der Waals surface area (Å²) in [5.41, 5.74) is 1.66. The molecule has 2 N–H and O–H groups in total. The van der Waals surface area contributed by atoms with E-state index in [1.165, 1.54) is 18.2 Å². The molecule has 7 heteroatoms. The Kier molecular flexibility index (Phi) is 6.13. The average molecular weight is 413 g/mol. The molecule has 5 nitrogen and oxygen atoms in total. The quantitative estimate of drug-likeness (QED) is 0.571. The van der Waals surface area contributed by atoms with Crippen LogP contribution in [0.3, 0.4) is 0 Å². The Morgan fingerprint density at radius 1 is 0.857 bits per heavy atom. The van der Waals surface area contributed by atoms with Crippen LogP contribution in [0.15, 0.2) is 89.8 Å². The molecular weight excluding hydrogens is 396 g/mol. The van der Waals surface area contributed by atoms with E-state index in [1.807, 2.05) is 30.3 Å². The Balaban J connectivity index is 1.71. The maximum absolute atomic E-state index is 12.6. The third kappa shape index (κ3) is 5.45. The van der Waals surface area contributed by atoms with E-state index in [0.29, 0.717) is 16.4 Å². The molecule has 0 saturated heterocycles. The zero-order chi connectivity index (χ0) is 20.0. The lowest BCUT2D eigenvalue weighted by molar-refractivity contribution is -0.111. The van der Waals surface area contributed by atoms with Gasteiger partial charge in [-0.15, -0.1) is 0 Å². The van der Waals surface area contributed by atoms with E-state index in [2.05, 4.69) is 10.0 Å². The molecule has 1 amide bonds. The fraction of sp³-hybridized carbons (Fsp3) is 0. The highest BCUT2D eigenvalue weighted by atomic mass is 35.5. The van der Waals surface area contributed by atoms with Crippen molar-refractivity contribution in [2.24, 2.45) is 0 Å². The molecule has 0 bridgehead atoms. The van der Waals surface area contributed by atoms with Crippen molar-refractivity contribution in [2.75, 3.05) is 10.0 Å². The second-order valence-electron chi connectivity index (χ2n) is 5.87. The van der Waals surface area contributed by atoms with Crippen molar-refractivity contribution < 1.29 is 13.2 Å². The molecule has 3 aromatic rings. The van der Waals surface area contributed by atoms with Crippen LogP contribution >= 0.6 is 11.6 Å². The van der Waals surface area contributed by atoms with Crippen molar-refractivity contribution in [3.05, 3.63) is 95.5 Å². The second-order valence-corrected chi connectivity index (χ2v) is 7.99. The van der Waals surface area contributed by atoms with Crippen molar-refractivity contribution in [3.63, 3.8) is 0 Å². The first kappa shape index (κ1) is 19.7. The zero-order valence-electron chi connectivity index (χ0n) is 14.7. The van der Waals surface area contributed by atoms with E-state index in [0.717, 1.165) is 5.56 Å². The Labute approximate surface area is 168 Å². The molecular formula is C21H17ClN2O3S. The maximum Gasteiger partial charge on any atom is 0.261 e. The normalized spacial score (nSPS) is 11.3. The van der Waals surface area contributed by atoms with Crippen LogP contribution in [-0.2, 0) is 14.8 Å². The minimum Gasteiger partial charge on any atom is -0.322 e. The Hall–Kier alpha value is -3.09. The zero-order valence-corrected chi connectivity index (χ0v) is 16.2. The van der Waals surface area contributed by atoms with Gasteiger partial charge < -0.3 is 5.32 Å². The number of anilines is 2. The highest BCUT2D eigenvalue weighted by Crippen LogP contribution is 2.20. The first-order valence-corrected chi connectivity index (χ1v) is 10.2. The van der Waals surface area contributed by atoms with Crippen LogP contribution in [0.4, 0.5) is 11.4 Å². The predicted molar refractivity (Wildman–Crippen MR) is 113 cm³/mol. The molecule has 0 unspecified atom stereocenters. The van der Waals surface area contributed by atoms with Crippen LogP contribution in [0.5, 0.6) is 0 Å². The number of carbonyl (C=O) groups is 1. The number of nitrogens with one attached hydrogen (secondary N) is 2. The number of rotatable bonds is 6. The molecule has 0 fully saturated rings. The highest BCUT2D eigenvalue weighted by Gasteiger charge is 2.15. The number of benzene rings is 3. The van der Waals surface area contributed by atoms with E-state index >= 15 is 0 Å². The number of halogens is 1. The number of hydrogen-bond donors (Lipinski definition) is 2. The summed E-state index contributed by atoms with van der Waals surface area (Å²) in [6, 6.07) is 21.7. The van der Waals surface area contributed by atoms with Crippen molar-refractivity contribution in [2.45, 2.75) is 4.90 Å². The van der Waals surface area contributed by atoms with Gasteiger partial charge in [0.1, 0.15) is 0 Å². The second kappa shape index (κ2) is 8.73. The molecule has 3 rings (SSSR count). The van der Waals surface area contributed by atoms with Gasteiger partial charge in [-0.05, 0) is 54.1 Å². The molecule has 0 aliphatic rings. The Morgan fingerprint density at radius 2 is 1.57 bits per heavy atom. The van der Waals surface area contributed by atoms with Crippen LogP contribution in [0.2, 0.25) is 5.02 Å². The fourth-order valence-corrected chi connectivity index (χ4v) is 3.62. The minimum atomic E-state index is -3.80. The summed E-state index contributed by atoms with van der Waals surface area (Å²) in [4.78, 5) is 12.1. The van der Waals surface area contributed by atoms with Gasteiger partial charge in [-0.3, -0.25) is 9.52 Å². The first-order valence-electron chi connectivity index (χ1n) is 8.35. The molecule has 0 spiro atoms. The molecule has 0 aliphatic carbocycles.